The molecule has 2 N–H and O–H groups in total. The first-order chi connectivity index (χ1) is 4.22. The Labute approximate surface area is 60.6 Å². The normalized spacial score (nSPS) is 13.6. The van der Waals surface area contributed by atoms with E-state index >= 15 is 0 Å². The zero-order valence-electron chi connectivity index (χ0n) is 4.82. The maximum absolute atomic E-state index is 9.86. The monoisotopic (exact) mass is 190 g/mol. The molecule has 0 aliphatic carbocycles. The molecule has 0 heterocycles. The molecule has 0 amide bonds. The van der Waals surface area contributed by atoms with Crippen molar-refractivity contribution in [2.24, 2.45) is 0 Å². The fourth-order valence-electron chi connectivity index (χ4n) is 0.354. The molecule has 0 bridgehead atoms. The Kier molecular flexibility index (Phi) is 4.77. The van der Waals surface area contributed by atoms with Crippen LogP contribution >= 0.6 is 0 Å². The van der Waals surface area contributed by atoms with Crippen molar-refractivity contribution in [2.45, 2.75) is 4.60 Å². The maximum atomic E-state index is 9.86. The predicted molar refractivity (Wildman–Crippen MR) is 38.0 cm³/mol. The first kappa shape index (κ1) is 8.95. The summed E-state index contributed by atoms with van der Waals surface area (Å²) < 4.78 is -0.400. The van der Waals surface area contributed by atoms with Gasteiger partial charge in [0, 0.05) is 0 Å². The molecule has 9 heavy (non-hydrogen) atoms. The average Bonchev–Trinajstić information content (AvgIpc) is 1.82. The molecule has 2 unspecified atom stereocenters. The Morgan fingerprint density at radius 2 is 2.22 bits per heavy atom. The van der Waals surface area contributed by atoms with Crippen LogP contribution in [-0.4, -0.2) is 38.0 Å². The van der Waals surface area contributed by atoms with Crippen LogP contribution in [0, 0.1) is 0 Å². The van der Waals surface area contributed by atoms with Gasteiger partial charge in [0.05, 0.1) is 0 Å². The molecule has 5 heteroatoms. The van der Waals surface area contributed by atoms with E-state index in [1.165, 1.54) is 6.08 Å². The van der Waals surface area contributed by atoms with E-state index in [0.717, 1.165) is 5.07 Å². The third-order valence-corrected chi connectivity index (χ3v) is 3.05. The van der Waals surface area contributed by atoms with Crippen LogP contribution in [0.2, 0.25) is 4.60 Å². The van der Waals surface area contributed by atoms with Crippen LogP contribution in [0.3, 0.4) is 0 Å². The van der Waals surface area contributed by atoms with Gasteiger partial charge in [-0.2, -0.15) is 0 Å². The summed E-state index contributed by atoms with van der Waals surface area (Å²) in [6.45, 7) is 3.35. The first-order valence-electron chi connectivity index (χ1n) is 2.40. The Morgan fingerprint density at radius 1 is 1.67 bits per heavy atom. The standard InChI is InChI=1S/C4H8AsBO3/c1-2-4(5-3-7)6(8)9/h2-5,8-9H,1H2. The van der Waals surface area contributed by atoms with E-state index in [1.807, 2.05) is 0 Å². The molecule has 3 nitrogen and oxygen atoms in total. The van der Waals surface area contributed by atoms with E-state index in [4.69, 9.17) is 10.0 Å². The van der Waals surface area contributed by atoms with Crippen LogP contribution in [0.5, 0.6) is 0 Å². The van der Waals surface area contributed by atoms with Crippen molar-refractivity contribution in [3.8, 4) is 0 Å². The molecule has 0 aliphatic heterocycles. The predicted octanol–water partition coefficient (Wildman–Crippen LogP) is -1.40. The summed E-state index contributed by atoms with van der Waals surface area (Å²) in [5.41, 5.74) is 0. The van der Waals surface area contributed by atoms with Crippen molar-refractivity contribution < 1.29 is 14.8 Å². The zero-order valence-corrected chi connectivity index (χ0v) is 6.92. The molecule has 0 aromatic heterocycles. The number of rotatable bonds is 4. The summed E-state index contributed by atoms with van der Waals surface area (Å²) >= 11 is -0.898. The molecule has 0 aromatic rings. The molecule has 0 saturated heterocycles. The van der Waals surface area contributed by atoms with E-state index in [-0.39, 0.29) is 0 Å². The second-order valence-electron chi connectivity index (χ2n) is 1.46. The quantitative estimate of drug-likeness (QED) is 0.325. The van der Waals surface area contributed by atoms with E-state index in [2.05, 4.69) is 6.58 Å². The Bertz CT molecular complexity index is 106. The van der Waals surface area contributed by atoms with Crippen molar-refractivity contribution in [3.63, 3.8) is 0 Å². The van der Waals surface area contributed by atoms with E-state index in [9.17, 15) is 4.79 Å². The molecule has 0 rings (SSSR count). The summed E-state index contributed by atoms with van der Waals surface area (Å²) in [4.78, 5) is 9.86. The van der Waals surface area contributed by atoms with Crippen LogP contribution in [0.15, 0.2) is 12.7 Å². The van der Waals surface area contributed by atoms with Crippen LogP contribution in [0.25, 0.3) is 0 Å². The van der Waals surface area contributed by atoms with Crippen LogP contribution in [0.1, 0.15) is 0 Å². The molecule has 50 valence electrons. The van der Waals surface area contributed by atoms with Gasteiger partial charge in [-0.25, -0.2) is 0 Å². The minimum atomic E-state index is -1.41. The van der Waals surface area contributed by atoms with Gasteiger partial charge in [0.25, 0.3) is 0 Å². The van der Waals surface area contributed by atoms with Gasteiger partial charge in [0.15, 0.2) is 0 Å². The molecule has 0 aromatic carbocycles. The van der Waals surface area contributed by atoms with Crippen LogP contribution < -0.4 is 0 Å². The van der Waals surface area contributed by atoms with Gasteiger partial charge in [-0.15, -0.1) is 0 Å². The zero-order chi connectivity index (χ0) is 7.28. The number of hydrogen-bond donors (Lipinski definition) is 2. The summed E-state index contributed by atoms with van der Waals surface area (Å²) in [6.07, 6.45) is 1.40. The van der Waals surface area contributed by atoms with Crippen LogP contribution in [0.4, 0.5) is 0 Å². The van der Waals surface area contributed by atoms with E-state index in [1.54, 1.807) is 0 Å². The van der Waals surface area contributed by atoms with Gasteiger partial charge in [-0.05, 0) is 0 Å². The second-order valence-corrected chi connectivity index (χ2v) is 4.05. The molecule has 0 aliphatic rings. The number of carbonyl (C=O) groups is 1. The third-order valence-electron chi connectivity index (χ3n) is 0.836. The Hall–Kier alpha value is -0.0466. The van der Waals surface area contributed by atoms with E-state index < -0.39 is 27.5 Å². The van der Waals surface area contributed by atoms with Gasteiger partial charge in [0.2, 0.25) is 0 Å². The van der Waals surface area contributed by atoms with Gasteiger partial charge in [-0.1, -0.05) is 0 Å². The van der Waals surface area contributed by atoms with Gasteiger partial charge < -0.3 is 0 Å². The molecule has 0 radical (unpaired) electrons. The molecule has 0 spiro atoms. The summed E-state index contributed by atoms with van der Waals surface area (Å²) in [6, 6.07) is 0. The molecule has 2 atom stereocenters. The Morgan fingerprint density at radius 3 is 2.33 bits per heavy atom. The van der Waals surface area contributed by atoms with E-state index in [0.29, 0.717) is 0 Å². The van der Waals surface area contributed by atoms with Crippen molar-refractivity contribution in [2.75, 3.05) is 0 Å². The fraction of sp³-hybridized carbons (Fsp3) is 0.250. The summed E-state index contributed by atoms with van der Waals surface area (Å²) in [7, 11) is -1.41. The number of carbonyl (C=O) groups excluding carboxylic acids is 1. The van der Waals surface area contributed by atoms with Crippen molar-refractivity contribution in [1.29, 1.82) is 0 Å². The SMILES string of the molecule is C=CC([AsH]C=O)B(O)O. The number of hydrogen-bond acceptors (Lipinski definition) is 3. The van der Waals surface area contributed by atoms with Crippen LogP contribution in [-0.2, 0) is 4.79 Å². The summed E-state index contributed by atoms with van der Waals surface area (Å²) in [5, 5.41) is 17.8. The van der Waals surface area contributed by atoms with Crippen molar-refractivity contribution in [1.82, 2.24) is 0 Å². The van der Waals surface area contributed by atoms with Gasteiger partial charge >= 0.3 is 60.0 Å². The Balaban J connectivity index is 3.66. The third kappa shape index (κ3) is 3.52. The topological polar surface area (TPSA) is 57.5 Å². The fourth-order valence-corrected chi connectivity index (χ4v) is 1.33. The van der Waals surface area contributed by atoms with Crippen molar-refractivity contribution in [3.05, 3.63) is 12.7 Å². The second kappa shape index (κ2) is 4.80. The van der Waals surface area contributed by atoms with Gasteiger partial charge in [0.1, 0.15) is 0 Å². The number of allylic oxidation sites excluding steroid dienone is 1. The molecular formula is C4H8AsBO3. The minimum absolute atomic E-state index is 0.400. The van der Waals surface area contributed by atoms with Gasteiger partial charge in [-0.3, -0.25) is 0 Å². The molecular weight excluding hydrogens is 182 g/mol. The van der Waals surface area contributed by atoms with Crippen molar-refractivity contribution >= 4 is 27.9 Å². The molecule has 0 saturated carbocycles. The molecule has 0 fully saturated rings. The average molecular weight is 190 g/mol. The summed E-state index contributed by atoms with van der Waals surface area (Å²) in [5.74, 6) is 0. The first-order valence-corrected chi connectivity index (χ1v) is 4.83.